The molecule has 0 radical (unpaired) electrons. The molecule has 1 unspecified atom stereocenters. The van der Waals surface area contributed by atoms with Crippen molar-refractivity contribution < 1.29 is 14.3 Å². The SMILES string of the molecule is C=CC(N)CCCC[C@H](NC(=O)OCc1ccccc1)C(=O)N1Cc2ccccc2C1. The van der Waals surface area contributed by atoms with Gasteiger partial charge in [0, 0.05) is 19.1 Å². The van der Waals surface area contributed by atoms with Crippen molar-refractivity contribution in [3.05, 3.63) is 83.9 Å². The topological polar surface area (TPSA) is 84.7 Å². The molecule has 6 nitrogen and oxygen atoms in total. The van der Waals surface area contributed by atoms with Gasteiger partial charge in [-0.3, -0.25) is 4.79 Å². The highest BCUT2D eigenvalue weighted by Gasteiger charge is 2.30. The second kappa shape index (κ2) is 11.3. The lowest BCUT2D eigenvalue weighted by atomic mass is 10.0. The highest BCUT2D eigenvalue weighted by atomic mass is 16.5. The van der Waals surface area contributed by atoms with Crippen LogP contribution in [-0.4, -0.2) is 29.0 Å². The van der Waals surface area contributed by atoms with Gasteiger partial charge in [0.2, 0.25) is 5.91 Å². The summed E-state index contributed by atoms with van der Waals surface area (Å²) in [5.74, 6) is -0.0825. The first-order valence-electron chi connectivity index (χ1n) is 10.8. The zero-order valence-electron chi connectivity index (χ0n) is 17.8. The van der Waals surface area contributed by atoms with Gasteiger partial charge in [0.25, 0.3) is 0 Å². The molecular weight excluding hydrogens is 390 g/mol. The van der Waals surface area contributed by atoms with E-state index in [-0.39, 0.29) is 18.6 Å². The van der Waals surface area contributed by atoms with Gasteiger partial charge in [0.1, 0.15) is 12.6 Å². The van der Waals surface area contributed by atoms with Crippen LogP contribution < -0.4 is 11.1 Å². The number of alkyl carbamates (subject to hydrolysis) is 1. The Hall–Kier alpha value is -3.12. The molecule has 3 rings (SSSR count). The highest BCUT2D eigenvalue weighted by Crippen LogP contribution is 2.23. The van der Waals surface area contributed by atoms with E-state index >= 15 is 0 Å². The van der Waals surface area contributed by atoms with E-state index in [4.69, 9.17) is 10.5 Å². The van der Waals surface area contributed by atoms with Gasteiger partial charge in [0.05, 0.1) is 0 Å². The zero-order valence-corrected chi connectivity index (χ0v) is 17.8. The van der Waals surface area contributed by atoms with Crippen LogP contribution in [0.15, 0.2) is 67.3 Å². The second-order valence-electron chi connectivity index (χ2n) is 7.91. The molecular formula is C25H31N3O3. The average molecular weight is 422 g/mol. The van der Waals surface area contributed by atoms with E-state index < -0.39 is 12.1 Å². The van der Waals surface area contributed by atoms with Crippen molar-refractivity contribution >= 4 is 12.0 Å². The fourth-order valence-corrected chi connectivity index (χ4v) is 3.72. The predicted octanol–water partition coefficient (Wildman–Crippen LogP) is 3.90. The molecule has 164 valence electrons. The van der Waals surface area contributed by atoms with Crippen LogP contribution in [0.3, 0.4) is 0 Å². The number of nitrogens with two attached hydrogens (primary N) is 1. The van der Waals surface area contributed by atoms with Crippen LogP contribution in [0.1, 0.15) is 42.4 Å². The number of unbranched alkanes of at least 4 members (excludes halogenated alkanes) is 1. The molecule has 0 fully saturated rings. The van der Waals surface area contributed by atoms with Crippen molar-refractivity contribution in [2.45, 2.75) is 57.5 Å². The van der Waals surface area contributed by atoms with E-state index in [0.29, 0.717) is 19.5 Å². The van der Waals surface area contributed by atoms with Gasteiger partial charge in [-0.2, -0.15) is 0 Å². The molecule has 0 saturated carbocycles. The maximum atomic E-state index is 13.2. The van der Waals surface area contributed by atoms with E-state index in [1.165, 1.54) is 0 Å². The summed E-state index contributed by atoms with van der Waals surface area (Å²) < 4.78 is 5.34. The first-order valence-corrected chi connectivity index (χ1v) is 10.8. The van der Waals surface area contributed by atoms with E-state index in [2.05, 4.69) is 11.9 Å². The molecule has 3 N–H and O–H groups in total. The number of hydrogen-bond donors (Lipinski definition) is 2. The van der Waals surface area contributed by atoms with Gasteiger partial charge in [-0.1, -0.05) is 73.5 Å². The molecule has 2 atom stereocenters. The Morgan fingerprint density at radius 1 is 1.03 bits per heavy atom. The number of amides is 2. The van der Waals surface area contributed by atoms with E-state index in [1.54, 1.807) is 11.0 Å². The minimum atomic E-state index is -0.627. The summed E-state index contributed by atoms with van der Waals surface area (Å²) in [6.45, 7) is 4.99. The maximum absolute atomic E-state index is 13.2. The molecule has 0 saturated heterocycles. The predicted molar refractivity (Wildman–Crippen MR) is 121 cm³/mol. The maximum Gasteiger partial charge on any atom is 0.408 e. The number of carbonyl (C=O) groups excluding carboxylic acids is 2. The third-order valence-electron chi connectivity index (χ3n) is 5.54. The van der Waals surface area contributed by atoms with Crippen molar-refractivity contribution in [3.63, 3.8) is 0 Å². The lowest BCUT2D eigenvalue weighted by molar-refractivity contribution is -0.134. The molecule has 2 aromatic rings. The van der Waals surface area contributed by atoms with E-state index in [0.717, 1.165) is 36.0 Å². The fourth-order valence-electron chi connectivity index (χ4n) is 3.72. The molecule has 0 bridgehead atoms. The molecule has 1 aliphatic rings. The number of hydrogen-bond acceptors (Lipinski definition) is 4. The number of ether oxygens (including phenoxy) is 1. The minimum absolute atomic E-state index is 0.0500. The van der Waals surface area contributed by atoms with Crippen LogP contribution in [0, 0.1) is 0 Å². The van der Waals surface area contributed by atoms with Crippen molar-refractivity contribution in [1.29, 1.82) is 0 Å². The number of nitrogens with one attached hydrogen (secondary N) is 1. The molecule has 0 aliphatic carbocycles. The number of rotatable bonds is 10. The molecule has 1 aliphatic heterocycles. The Labute approximate surface area is 184 Å². The van der Waals surface area contributed by atoms with Gasteiger partial charge in [-0.05, 0) is 29.5 Å². The van der Waals surface area contributed by atoms with Crippen LogP contribution in [-0.2, 0) is 29.2 Å². The lowest BCUT2D eigenvalue weighted by Gasteiger charge is -2.24. The minimum Gasteiger partial charge on any atom is -0.445 e. The third kappa shape index (κ3) is 6.69. The number of carbonyl (C=O) groups is 2. The molecule has 2 aromatic carbocycles. The van der Waals surface area contributed by atoms with Gasteiger partial charge < -0.3 is 20.7 Å². The zero-order chi connectivity index (χ0) is 22.1. The highest BCUT2D eigenvalue weighted by molar-refractivity contribution is 5.86. The molecule has 6 heteroatoms. The largest absolute Gasteiger partial charge is 0.445 e. The quantitative estimate of drug-likeness (QED) is 0.450. The first-order chi connectivity index (χ1) is 15.1. The summed E-state index contributed by atoms with van der Waals surface area (Å²) in [6.07, 6.45) is 4.12. The van der Waals surface area contributed by atoms with Crippen LogP contribution >= 0.6 is 0 Å². The van der Waals surface area contributed by atoms with Crippen molar-refractivity contribution in [3.8, 4) is 0 Å². The van der Waals surface area contributed by atoms with Crippen molar-refractivity contribution in [1.82, 2.24) is 10.2 Å². The molecule has 31 heavy (non-hydrogen) atoms. The summed E-state index contributed by atoms with van der Waals surface area (Å²) in [5, 5.41) is 2.79. The fraction of sp³-hybridized carbons (Fsp3) is 0.360. The Morgan fingerprint density at radius 3 is 2.29 bits per heavy atom. The third-order valence-corrected chi connectivity index (χ3v) is 5.54. The molecule has 0 aromatic heterocycles. The Bertz CT molecular complexity index is 860. The smallest absolute Gasteiger partial charge is 0.408 e. The molecule has 1 heterocycles. The van der Waals surface area contributed by atoms with Crippen LogP contribution in [0.5, 0.6) is 0 Å². The summed E-state index contributed by atoms with van der Waals surface area (Å²) >= 11 is 0. The van der Waals surface area contributed by atoms with Gasteiger partial charge in [0.15, 0.2) is 0 Å². The van der Waals surface area contributed by atoms with E-state index in [9.17, 15) is 9.59 Å². The summed E-state index contributed by atoms with van der Waals surface area (Å²) in [6, 6.07) is 16.8. The summed E-state index contributed by atoms with van der Waals surface area (Å²) in [5.41, 5.74) is 9.09. The van der Waals surface area contributed by atoms with Crippen molar-refractivity contribution in [2.75, 3.05) is 0 Å². The monoisotopic (exact) mass is 421 g/mol. The number of nitrogens with zero attached hydrogens (tertiary/aromatic N) is 1. The summed E-state index contributed by atoms with van der Waals surface area (Å²) in [4.78, 5) is 27.4. The lowest BCUT2D eigenvalue weighted by Crippen LogP contribution is -2.47. The molecule has 2 amide bonds. The standard InChI is InChI=1S/C25H31N3O3/c1-2-22(26)14-8-9-15-23(27-25(30)31-18-19-10-4-3-5-11-19)24(29)28-16-20-12-6-7-13-21(20)17-28/h2-7,10-13,22-23H,1,8-9,14-18,26H2,(H,27,30)/t22?,23-/m0/s1. The van der Waals surface area contributed by atoms with Gasteiger partial charge >= 0.3 is 6.09 Å². The van der Waals surface area contributed by atoms with Crippen LogP contribution in [0.4, 0.5) is 4.79 Å². The summed E-state index contributed by atoms with van der Waals surface area (Å²) in [7, 11) is 0. The number of fused-ring (bicyclic) bond motifs is 1. The Morgan fingerprint density at radius 2 is 1.65 bits per heavy atom. The first kappa shape index (κ1) is 22.6. The average Bonchev–Trinajstić information content (AvgIpc) is 3.24. The normalized spacial score (nSPS) is 14.4. The Balaban J connectivity index is 1.58. The molecule has 0 spiro atoms. The van der Waals surface area contributed by atoms with Crippen LogP contribution in [0.2, 0.25) is 0 Å². The Kier molecular flexibility index (Phi) is 8.24. The van der Waals surface area contributed by atoms with Gasteiger partial charge in [-0.15, -0.1) is 6.58 Å². The van der Waals surface area contributed by atoms with Gasteiger partial charge in [-0.25, -0.2) is 4.79 Å². The van der Waals surface area contributed by atoms with E-state index in [1.807, 2.05) is 54.6 Å². The number of benzene rings is 2. The second-order valence-corrected chi connectivity index (χ2v) is 7.91. The van der Waals surface area contributed by atoms with Crippen molar-refractivity contribution in [2.24, 2.45) is 5.73 Å². The van der Waals surface area contributed by atoms with Crippen LogP contribution in [0.25, 0.3) is 0 Å².